The van der Waals surface area contributed by atoms with Crippen molar-refractivity contribution in [3.8, 4) is 0 Å². The van der Waals surface area contributed by atoms with Gasteiger partial charge >= 0.3 is 5.97 Å². The molecule has 1 fully saturated rings. The number of hydrogen-bond acceptors (Lipinski definition) is 2. The Morgan fingerprint density at radius 2 is 1.94 bits per heavy atom. The first-order chi connectivity index (χ1) is 7.93. The highest BCUT2D eigenvalue weighted by Gasteiger charge is 2.34. The topological polar surface area (TPSA) is 26.3 Å². The molecule has 0 aromatic heterocycles. The van der Waals surface area contributed by atoms with E-state index in [0.717, 1.165) is 32.1 Å². The summed E-state index contributed by atoms with van der Waals surface area (Å²) in [5.41, 5.74) is 0.351. The van der Waals surface area contributed by atoms with E-state index >= 15 is 0 Å². The second-order valence-corrected chi connectivity index (χ2v) is 6.44. The Kier molecular flexibility index (Phi) is 5.48. The Balaban J connectivity index is 2.23. The van der Waals surface area contributed by atoms with Gasteiger partial charge in [-0.15, -0.1) is 0 Å². The van der Waals surface area contributed by atoms with Crippen molar-refractivity contribution < 1.29 is 9.53 Å². The molecular formula is C15H28O2. The standard InChI is InChI=1S/C15H28O2/c1-5-6-7-8-14(16)17-13-10-9-12(11-13)15(2,3)4/h12-13H,5-11H2,1-4H3/t12-,13-/m0/s1. The summed E-state index contributed by atoms with van der Waals surface area (Å²) in [4.78, 5) is 11.6. The van der Waals surface area contributed by atoms with Crippen molar-refractivity contribution >= 4 is 5.97 Å². The lowest BCUT2D eigenvalue weighted by molar-refractivity contribution is -0.149. The van der Waals surface area contributed by atoms with E-state index in [1.54, 1.807) is 0 Å². The SMILES string of the molecule is CCCCCC(=O)O[C@H]1CC[C@H](C(C)(C)C)C1. The minimum atomic E-state index is 0.0120. The van der Waals surface area contributed by atoms with Crippen LogP contribution in [0.5, 0.6) is 0 Å². The molecule has 100 valence electrons. The molecule has 1 aliphatic carbocycles. The maximum Gasteiger partial charge on any atom is 0.306 e. The van der Waals surface area contributed by atoms with E-state index in [4.69, 9.17) is 4.74 Å². The molecule has 0 bridgehead atoms. The van der Waals surface area contributed by atoms with Gasteiger partial charge in [0.05, 0.1) is 0 Å². The third-order valence-electron chi connectivity index (χ3n) is 3.89. The number of carbonyl (C=O) groups excluding carboxylic acids is 1. The van der Waals surface area contributed by atoms with Crippen LogP contribution in [0.2, 0.25) is 0 Å². The molecule has 1 saturated carbocycles. The zero-order valence-corrected chi connectivity index (χ0v) is 11.9. The summed E-state index contributed by atoms with van der Waals surface area (Å²) >= 11 is 0. The summed E-state index contributed by atoms with van der Waals surface area (Å²) < 4.78 is 5.54. The Hall–Kier alpha value is -0.530. The summed E-state index contributed by atoms with van der Waals surface area (Å²) in [7, 11) is 0. The van der Waals surface area contributed by atoms with E-state index in [-0.39, 0.29) is 12.1 Å². The van der Waals surface area contributed by atoms with E-state index in [1.165, 1.54) is 6.42 Å². The van der Waals surface area contributed by atoms with Gasteiger partial charge in [0.15, 0.2) is 0 Å². The Morgan fingerprint density at radius 3 is 2.47 bits per heavy atom. The van der Waals surface area contributed by atoms with Gasteiger partial charge in [-0.05, 0) is 37.0 Å². The largest absolute Gasteiger partial charge is 0.462 e. The molecule has 0 unspecified atom stereocenters. The summed E-state index contributed by atoms with van der Waals surface area (Å²) in [6.45, 7) is 8.99. The molecule has 0 saturated heterocycles. The normalized spacial score (nSPS) is 24.9. The van der Waals surface area contributed by atoms with Crippen LogP contribution in [-0.2, 0) is 9.53 Å². The number of rotatable bonds is 5. The average molecular weight is 240 g/mol. The van der Waals surface area contributed by atoms with E-state index in [2.05, 4.69) is 27.7 Å². The summed E-state index contributed by atoms with van der Waals surface area (Å²) in [6, 6.07) is 0. The van der Waals surface area contributed by atoms with Crippen LogP contribution in [-0.4, -0.2) is 12.1 Å². The second kappa shape index (κ2) is 6.42. The fourth-order valence-corrected chi connectivity index (χ4v) is 2.60. The first-order valence-corrected chi connectivity index (χ1v) is 7.13. The Morgan fingerprint density at radius 1 is 1.24 bits per heavy atom. The molecule has 0 amide bonds. The predicted molar refractivity (Wildman–Crippen MR) is 70.8 cm³/mol. The van der Waals surface area contributed by atoms with Crippen molar-refractivity contribution in [2.45, 2.75) is 78.7 Å². The lowest BCUT2D eigenvalue weighted by Gasteiger charge is -2.26. The van der Waals surface area contributed by atoms with Crippen LogP contribution in [0.25, 0.3) is 0 Å². The third kappa shape index (κ3) is 5.10. The maximum atomic E-state index is 11.6. The fraction of sp³-hybridized carbons (Fsp3) is 0.933. The molecule has 1 aliphatic rings. The molecule has 0 aliphatic heterocycles. The molecule has 2 atom stereocenters. The number of ether oxygens (including phenoxy) is 1. The van der Waals surface area contributed by atoms with Gasteiger partial charge in [-0.3, -0.25) is 4.79 Å². The molecule has 2 nitrogen and oxygen atoms in total. The fourth-order valence-electron chi connectivity index (χ4n) is 2.60. The van der Waals surface area contributed by atoms with E-state index in [1.807, 2.05) is 0 Å². The predicted octanol–water partition coefficient (Wildman–Crippen LogP) is 4.32. The monoisotopic (exact) mass is 240 g/mol. The number of hydrogen-bond donors (Lipinski definition) is 0. The molecule has 0 aromatic carbocycles. The molecule has 17 heavy (non-hydrogen) atoms. The van der Waals surface area contributed by atoms with Crippen LogP contribution in [0.15, 0.2) is 0 Å². The Bertz CT molecular complexity index is 240. The lowest BCUT2D eigenvalue weighted by atomic mass is 9.80. The third-order valence-corrected chi connectivity index (χ3v) is 3.89. The van der Waals surface area contributed by atoms with Crippen molar-refractivity contribution in [2.75, 3.05) is 0 Å². The van der Waals surface area contributed by atoms with Gasteiger partial charge in [-0.25, -0.2) is 0 Å². The zero-order chi connectivity index (χ0) is 12.9. The van der Waals surface area contributed by atoms with E-state index in [0.29, 0.717) is 17.8 Å². The zero-order valence-electron chi connectivity index (χ0n) is 11.9. The smallest absolute Gasteiger partial charge is 0.306 e. The second-order valence-electron chi connectivity index (χ2n) is 6.44. The molecule has 0 spiro atoms. The summed E-state index contributed by atoms with van der Waals surface area (Å²) in [5.74, 6) is 0.717. The molecular weight excluding hydrogens is 212 g/mol. The molecule has 2 heteroatoms. The highest BCUT2D eigenvalue weighted by Crippen LogP contribution is 2.40. The van der Waals surface area contributed by atoms with Crippen molar-refractivity contribution in [3.63, 3.8) is 0 Å². The van der Waals surface area contributed by atoms with Crippen LogP contribution in [0.4, 0.5) is 0 Å². The van der Waals surface area contributed by atoms with Gasteiger partial charge in [0.1, 0.15) is 6.10 Å². The van der Waals surface area contributed by atoms with Gasteiger partial charge in [0.2, 0.25) is 0 Å². The number of esters is 1. The van der Waals surface area contributed by atoms with Crippen molar-refractivity contribution in [2.24, 2.45) is 11.3 Å². The van der Waals surface area contributed by atoms with E-state index in [9.17, 15) is 4.79 Å². The van der Waals surface area contributed by atoms with Crippen LogP contribution < -0.4 is 0 Å². The van der Waals surface area contributed by atoms with Crippen LogP contribution in [0.3, 0.4) is 0 Å². The van der Waals surface area contributed by atoms with Crippen molar-refractivity contribution in [3.05, 3.63) is 0 Å². The molecule has 0 N–H and O–H groups in total. The lowest BCUT2D eigenvalue weighted by Crippen LogP contribution is -2.20. The summed E-state index contributed by atoms with van der Waals surface area (Å²) in [5, 5.41) is 0. The maximum absolute atomic E-state index is 11.6. The van der Waals surface area contributed by atoms with Gasteiger partial charge in [0, 0.05) is 6.42 Å². The summed E-state index contributed by atoms with van der Waals surface area (Å²) in [6.07, 6.45) is 7.37. The molecule has 1 rings (SSSR count). The number of unbranched alkanes of at least 4 members (excludes halogenated alkanes) is 2. The van der Waals surface area contributed by atoms with Gasteiger partial charge in [-0.1, -0.05) is 40.5 Å². The van der Waals surface area contributed by atoms with E-state index < -0.39 is 0 Å². The minimum Gasteiger partial charge on any atom is -0.462 e. The van der Waals surface area contributed by atoms with Crippen molar-refractivity contribution in [1.82, 2.24) is 0 Å². The highest BCUT2D eigenvalue weighted by molar-refractivity contribution is 5.69. The Labute approximate surface area is 106 Å². The van der Waals surface area contributed by atoms with Crippen LogP contribution in [0.1, 0.15) is 72.6 Å². The van der Waals surface area contributed by atoms with Crippen molar-refractivity contribution in [1.29, 1.82) is 0 Å². The van der Waals surface area contributed by atoms with Crippen LogP contribution >= 0.6 is 0 Å². The number of carbonyl (C=O) groups is 1. The first kappa shape index (κ1) is 14.5. The molecule has 0 aromatic rings. The van der Waals surface area contributed by atoms with Gasteiger partial charge in [0.25, 0.3) is 0 Å². The highest BCUT2D eigenvalue weighted by atomic mass is 16.5. The van der Waals surface area contributed by atoms with Gasteiger partial charge < -0.3 is 4.74 Å². The molecule has 0 heterocycles. The minimum absolute atomic E-state index is 0.0120. The van der Waals surface area contributed by atoms with Gasteiger partial charge in [-0.2, -0.15) is 0 Å². The quantitative estimate of drug-likeness (QED) is 0.528. The average Bonchev–Trinajstić information content (AvgIpc) is 2.66. The first-order valence-electron chi connectivity index (χ1n) is 7.13. The molecule has 0 radical (unpaired) electrons. The van der Waals surface area contributed by atoms with Crippen LogP contribution in [0, 0.1) is 11.3 Å².